The molecule has 1 saturated heterocycles. The maximum Gasteiger partial charge on any atom is 0.245 e. The SMILES string of the molecule is O=C(C[n+]1ccccc1C1OCCO1)c1ccccc1.[Br-]. The summed E-state index contributed by atoms with van der Waals surface area (Å²) in [5, 5.41) is 0. The van der Waals surface area contributed by atoms with Crippen molar-refractivity contribution in [1.29, 1.82) is 0 Å². The molecule has 0 atom stereocenters. The Bertz CT molecular complexity index is 597. The second kappa shape index (κ2) is 7.45. The number of halogens is 1. The first-order chi connectivity index (χ1) is 9.84. The van der Waals surface area contributed by atoms with Crippen molar-refractivity contribution in [2.24, 2.45) is 0 Å². The highest BCUT2D eigenvalue weighted by Crippen LogP contribution is 2.19. The molecule has 1 aromatic carbocycles. The molecule has 1 aromatic heterocycles. The Labute approximate surface area is 134 Å². The van der Waals surface area contributed by atoms with E-state index in [0.717, 1.165) is 5.69 Å². The van der Waals surface area contributed by atoms with Gasteiger partial charge in [0.05, 0.1) is 13.2 Å². The van der Waals surface area contributed by atoms with E-state index in [-0.39, 0.29) is 35.6 Å². The molecule has 5 heteroatoms. The zero-order valence-electron chi connectivity index (χ0n) is 11.4. The van der Waals surface area contributed by atoms with Gasteiger partial charge >= 0.3 is 0 Å². The van der Waals surface area contributed by atoms with Gasteiger partial charge in [-0.05, 0) is 6.07 Å². The van der Waals surface area contributed by atoms with Crippen LogP contribution in [0.4, 0.5) is 0 Å². The first-order valence-corrected chi connectivity index (χ1v) is 6.64. The Hall–Kier alpha value is -1.56. The highest BCUT2D eigenvalue weighted by molar-refractivity contribution is 5.94. The molecule has 1 aliphatic heterocycles. The van der Waals surface area contributed by atoms with E-state index in [0.29, 0.717) is 18.8 Å². The van der Waals surface area contributed by atoms with Crippen molar-refractivity contribution >= 4 is 5.78 Å². The predicted octanol–water partition coefficient (Wildman–Crippen LogP) is -1.09. The van der Waals surface area contributed by atoms with E-state index in [9.17, 15) is 4.79 Å². The Morgan fingerprint density at radius 3 is 2.43 bits per heavy atom. The minimum absolute atomic E-state index is 0. The number of carbonyl (C=O) groups is 1. The van der Waals surface area contributed by atoms with Crippen molar-refractivity contribution < 1.29 is 35.8 Å². The second-order valence-electron chi connectivity index (χ2n) is 4.62. The number of ketones is 1. The van der Waals surface area contributed by atoms with Gasteiger partial charge in [0, 0.05) is 17.7 Å². The lowest BCUT2D eigenvalue weighted by molar-refractivity contribution is -0.696. The minimum atomic E-state index is -0.375. The number of rotatable bonds is 4. The van der Waals surface area contributed by atoms with Gasteiger partial charge in [-0.25, -0.2) is 0 Å². The van der Waals surface area contributed by atoms with E-state index in [2.05, 4.69) is 0 Å². The van der Waals surface area contributed by atoms with Crippen LogP contribution in [0.25, 0.3) is 0 Å². The molecule has 0 saturated carbocycles. The summed E-state index contributed by atoms with van der Waals surface area (Å²) in [6.07, 6.45) is 1.50. The van der Waals surface area contributed by atoms with Gasteiger partial charge in [0.25, 0.3) is 0 Å². The largest absolute Gasteiger partial charge is 1.00 e. The number of ether oxygens (including phenoxy) is 2. The summed E-state index contributed by atoms with van der Waals surface area (Å²) < 4.78 is 12.9. The molecule has 4 nitrogen and oxygen atoms in total. The van der Waals surface area contributed by atoms with Crippen LogP contribution in [0.15, 0.2) is 54.7 Å². The van der Waals surface area contributed by atoms with Crippen LogP contribution in [0.2, 0.25) is 0 Å². The number of pyridine rings is 1. The third-order valence-electron chi connectivity index (χ3n) is 3.25. The molecule has 0 radical (unpaired) electrons. The monoisotopic (exact) mass is 349 g/mol. The van der Waals surface area contributed by atoms with Crippen LogP contribution >= 0.6 is 0 Å². The number of Topliss-reactive ketones (excluding diaryl/α,β-unsaturated/α-hetero) is 1. The quantitative estimate of drug-likeness (QED) is 0.520. The summed E-state index contributed by atoms with van der Waals surface area (Å²) >= 11 is 0. The number of carbonyl (C=O) groups excluding carboxylic acids is 1. The minimum Gasteiger partial charge on any atom is -1.00 e. The zero-order valence-corrected chi connectivity index (χ0v) is 13.0. The molecule has 0 aliphatic carbocycles. The van der Waals surface area contributed by atoms with Gasteiger partial charge < -0.3 is 26.5 Å². The van der Waals surface area contributed by atoms with Crippen molar-refractivity contribution in [3.05, 3.63) is 66.0 Å². The lowest BCUT2D eigenvalue weighted by Crippen LogP contribution is -3.00. The van der Waals surface area contributed by atoms with Crippen LogP contribution in [0, 0.1) is 0 Å². The highest BCUT2D eigenvalue weighted by Gasteiger charge is 2.28. The smallest absolute Gasteiger partial charge is 0.245 e. The molecular formula is C16H16BrNO3. The summed E-state index contributed by atoms with van der Waals surface area (Å²) in [5.41, 5.74) is 1.58. The van der Waals surface area contributed by atoms with Gasteiger partial charge in [0.2, 0.25) is 24.3 Å². The Kier molecular flexibility index (Phi) is 5.61. The van der Waals surface area contributed by atoms with E-state index in [1.807, 2.05) is 59.3 Å². The molecule has 2 heterocycles. The fourth-order valence-corrected chi connectivity index (χ4v) is 2.25. The lowest BCUT2D eigenvalue weighted by Gasteiger charge is -2.08. The lowest BCUT2D eigenvalue weighted by atomic mass is 10.1. The third kappa shape index (κ3) is 3.75. The van der Waals surface area contributed by atoms with E-state index in [1.165, 1.54) is 0 Å². The average molecular weight is 350 g/mol. The fraction of sp³-hybridized carbons (Fsp3) is 0.250. The molecule has 0 N–H and O–H groups in total. The molecule has 0 spiro atoms. The molecule has 0 bridgehead atoms. The molecular weight excluding hydrogens is 334 g/mol. The summed E-state index contributed by atoms with van der Waals surface area (Å²) in [4.78, 5) is 12.3. The zero-order chi connectivity index (χ0) is 13.8. The van der Waals surface area contributed by atoms with Gasteiger partial charge in [-0.1, -0.05) is 30.3 Å². The summed E-state index contributed by atoms with van der Waals surface area (Å²) in [7, 11) is 0. The van der Waals surface area contributed by atoms with Crippen molar-refractivity contribution in [3.8, 4) is 0 Å². The maximum atomic E-state index is 12.3. The van der Waals surface area contributed by atoms with E-state index in [4.69, 9.17) is 9.47 Å². The van der Waals surface area contributed by atoms with Crippen LogP contribution in [0.1, 0.15) is 22.3 Å². The molecule has 1 fully saturated rings. The van der Waals surface area contributed by atoms with E-state index < -0.39 is 0 Å². The predicted molar refractivity (Wildman–Crippen MR) is 72.1 cm³/mol. The molecule has 21 heavy (non-hydrogen) atoms. The van der Waals surface area contributed by atoms with Crippen LogP contribution in [-0.2, 0) is 16.0 Å². The molecule has 1 aliphatic rings. The standard InChI is InChI=1S/C16H16NO3.BrH/c18-15(13-6-2-1-3-7-13)12-17-9-5-4-8-14(17)16-19-10-11-20-16;/h1-9,16H,10-12H2;1H/q+1;/p-1. The second-order valence-corrected chi connectivity index (χ2v) is 4.62. The summed E-state index contributed by atoms with van der Waals surface area (Å²) in [6, 6.07) is 15.0. The van der Waals surface area contributed by atoms with Crippen molar-refractivity contribution in [2.45, 2.75) is 12.8 Å². The molecule has 110 valence electrons. The first kappa shape index (κ1) is 15.8. The third-order valence-corrected chi connectivity index (χ3v) is 3.25. The number of aromatic nitrogens is 1. The Morgan fingerprint density at radius 2 is 1.71 bits per heavy atom. The van der Waals surface area contributed by atoms with Crippen LogP contribution < -0.4 is 21.5 Å². The average Bonchev–Trinajstić information content (AvgIpc) is 3.03. The van der Waals surface area contributed by atoms with Crippen LogP contribution in [-0.4, -0.2) is 19.0 Å². The molecule has 0 amide bonds. The number of hydrogen-bond acceptors (Lipinski definition) is 3. The molecule has 0 unspecified atom stereocenters. The normalized spacial score (nSPS) is 14.7. The number of benzene rings is 1. The van der Waals surface area contributed by atoms with Crippen molar-refractivity contribution in [1.82, 2.24) is 0 Å². The maximum absolute atomic E-state index is 12.3. The van der Waals surface area contributed by atoms with Crippen LogP contribution in [0.5, 0.6) is 0 Å². The summed E-state index contributed by atoms with van der Waals surface area (Å²) in [5.74, 6) is 0.0704. The van der Waals surface area contributed by atoms with Crippen molar-refractivity contribution in [3.63, 3.8) is 0 Å². The Morgan fingerprint density at radius 1 is 1.05 bits per heavy atom. The van der Waals surface area contributed by atoms with E-state index in [1.54, 1.807) is 0 Å². The number of nitrogens with zero attached hydrogens (tertiary/aromatic N) is 1. The van der Waals surface area contributed by atoms with Gasteiger partial charge in [-0.15, -0.1) is 0 Å². The van der Waals surface area contributed by atoms with E-state index >= 15 is 0 Å². The molecule has 2 aromatic rings. The van der Waals surface area contributed by atoms with Crippen molar-refractivity contribution in [2.75, 3.05) is 13.2 Å². The molecule has 3 rings (SSSR count). The van der Waals surface area contributed by atoms with Gasteiger partial charge in [-0.3, -0.25) is 4.79 Å². The Balaban J connectivity index is 0.00000161. The van der Waals surface area contributed by atoms with Gasteiger partial charge in [0.1, 0.15) is 0 Å². The summed E-state index contributed by atoms with van der Waals surface area (Å²) in [6.45, 7) is 1.46. The van der Waals surface area contributed by atoms with Gasteiger partial charge in [-0.2, -0.15) is 4.57 Å². The number of hydrogen-bond donors (Lipinski definition) is 0. The van der Waals surface area contributed by atoms with Crippen LogP contribution in [0.3, 0.4) is 0 Å². The highest BCUT2D eigenvalue weighted by atomic mass is 79.9. The topological polar surface area (TPSA) is 39.4 Å². The first-order valence-electron chi connectivity index (χ1n) is 6.64. The van der Waals surface area contributed by atoms with Gasteiger partial charge in [0.15, 0.2) is 6.20 Å². The fourth-order valence-electron chi connectivity index (χ4n) is 2.25.